The number of hydrogen-bond acceptors (Lipinski definition) is 3. The molecule has 1 amide bonds. The maximum atomic E-state index is 12.1. The minimum Gasteiger partial charge on any atom is -0.497 e. The fourth-order valence-electron chi connectivity index (χ4n) is 1.87. The van der Waals surface area contributed by atoms with Gasteiger partial charge >= 0.3 is 0 Å². The molecule has 0 unspecified atom stereocenters. The molecule has 0 spiro atoms. The lowest BCUT2D eigenvalue weighted by Crippen LogP contribution is -2.47. The molecule has 0 saturated carbocycles. The van der Waals surface area contributed by atoms with Gasteiger partial charge in [0.15, 0.2) is 5.96 Å². The van der Waals surface area contributed by atoms with Crippen molar-refractivity contribution in [2.75, 3.05) is 26.7 Å². The molecule has 0 aliphatic rings. The third-order valence-corrected chi connectivity index (χ3v) is 2.84. The van der Waals surface area contributed by atoms with E-state index < -0.39 is 0 Å². The van der Waals surface area contributed by atoms with Gasteiger partial charge in [0.1, 0.15) is 5.75 Å². The number of amides is 1. The van der Waals surface area contributed by atoms with Crippen molar-refractivity contribution in [3.05, 3.63) is 29.8 Å². The van der Waals surface area contributed by atoms with Crippen LogP contribution in [0.1, 0.15) is 38.1 Å². The summed E-state index contributed by atoms with van der Waals surface area (Å²) in [7, 11) is 1.58. The molecule has 0 radical (unpaired) electrons. The lowest BCUT2D eigenvalue weighted by Gasteiger charge is -2.23. The highest BCUT2D eigenvalue weighted by Crippen LogP contribution is 2.12. The Morgan fingerprint density at radius 1 is 1.26 bits per heavy atom. The molecule has 0 heterocycles. The molecule has 0 aromatic heterocycles. The predicted octanol–water partition coefficient (Wildman–Crippen LogP) is 1.78. The number of nitrogens with one attached hydrogen (secondary N) is 3. The Kier molecular flexibility index (Phi) is 7.38. The Hall–Kier alpha value is -2.24. The molecule has 6 heteroatoms. The molecular formula is C17H28N4O2. The Morgan fingerprint density at radius 2 is 2.00 bits per heavy atom. The summed E-state index contributed by atoms with van der Waals surface area (Å²) in [6.45, 7) is 10.00. The van der Waals surface area contributed by atoms with E-state index in [-0.39, 0.29) is 11.4 Å². The summed E-state index contributed by atoms with van der Waals surface area (Å²) in [6.07, 6.45) is 0. The fourth-order valence-corrected chi connectivity index (χ4v) is 1.87. The van der Waals surface area contributed by atoms with Crippen molar-refractivity contribution in [2.45, 2.75) is 33.2 Å². The Bertz CT molecular complexity index is 536. The molecule has 0 saturated heterocycles. The molecule has 23 heavy (non-hydrogen) atoms. The first kappa shape index (κ1) is 18.8. The smallest absolute Gasteiger partial charge is 0.251 e. The molecule has 0 atom stereocenters. The summed E-state index contributed by atoms with van der Waals surface area (Å²) in [5.41, 5.74) is 0.512. The van der Waals surface area contributed by atoms with Gasteiger partial charge in [-0.05, 0) is 45.9 Å². The zero-order valence-electron chi connectivity index (χ0n) is 14.7. The van der Waals surface area contributed by atoms with Gasteiger partial charge in [-0.1, -0.05) is 6.07 Å². The molecule has 1 aromatic rings. The first-order valence-corrected chi connectivity index (χ1v) is 7.84. The minimum atomic E-state index is -0.132. The van der Waals surface area contributed by atoms with Crippen LogP contribution in [0.4, 0.5) is 0 Å². The van der Waals surface area contributed by atoms with Gasteiger partial charge in [0, 0.05) is 24.2 Å². The number of rotatable bonds is 6. The number of nitrogens with zero attached hydrogens (tertiary/aromatic N) is 1. The topological polar surface area (TPSA) is 74.8 Å². The van der Waals surface area contributed by atoms with E-state index in [0.29, 0.717) is 24.4 Å². The zero-order chi connectivity index (χ0) is 17.3. The summed E-state index contributed by atoms with van der Waals surface area (Å²) in [4.78, 5) is 16.5. The van der Waals surface area contributed by atoms with Crippen molar-refractivity contribution in [3.63, 3.8) is 0 Å². The van der Waals surface area contributed by atoms with E-state index in [4.69, 9.17) is 4.74 Å². The van der Waals surface area contributed by atoms with Crippen molar-refractivity contribution < 1.29 is 9.53 Å². The van der Waals surface area contributed by atoms with Crippen LogP contribution < -0.4 is 20.7 Å². The number of aliphatic imine (C=N–C) groups is 1. The highest BCUT2D eigenvalue weighted by Gasteiger charge is 2.11. The molecule has 6 nitrogen and oxygen atoms in total. The molecule has 0 aliphatic carbocycles. The number of carbonyl (C=O) groups is 1. The van der Waals surface area contributed by atoms with Gasteiger partial charge in [0.05, 0.1) is 13.7 Å². The second-order valence-electron chi connectivity index (χ2n) is 6.12. The molecule has 0 bridgehead atoms. The van der Waals surface area contributed by atoms with Crippen LogP contribution in [0.25, 0.3) is 0 Å². The molecular weight excluding hydrogens is 292 g/mol. The zero-order valence-corrected chi connectivity index (χ0v) is 14.7. The van der Waals surface area contributed by atoms with Crippen LogP contribution in [0.2, 0.25) is 0 Å². The van der Waals surface area contributed by atoms with E-state index in [1.165, 1.54) is 0 Å². The van der Waals surface area contributed by atoms with Crippen molar-refractivity contribution in [2.24, 2.45) is 4.99 Å². The third-order valence-electron chi connectivity index (χ3n) is 2.84. The van der Waals surface area contributed by atoms with Crippen LogP contribution in [0.5, 0.6) is 5.75 Å². The van der Waals surface area contributed by atoms with Gasteiger partial charge in [-0.25, -0.2) is 0 Å². The lowest BCUT2D eigenvalue weighted by atomic mass is 10.1. The van der Waals surface area contributed by atoms with Crippen LogP contribution in [0.15, 0.2) is 29.3 Å². The highest BCUT2D eigenvalue weighted by molar-refractivity contribution is 5.94. The van der Waals surface area contributed by atoms with E-state index in [0.717, 1.165) is 12.5 Å². The SMILES string of the molecule is CCNC(=NCCNC(=O)c1cccc(OC)c1)NC(C)(C)C. The summed E-state index contributed by atoms with van der Waals surface area (Å²) < 4.78 is 5.12. The Balaban J connectivity index is 2.50. The molecule has 3 N–H and O–H groups in total. The van der Waals surface area contributed by atoms with E-state index in [1.54, 1.807) is 25.3 Å². The number of ether oxygens (including phenoxy) is 1. The van der Waals surface area contributed by atoms with E-state index in [1.807, 2.05) is 13.0 Å². The van der Waals surface area contributed by atoms with Crippen molar-refractivity contribution >= 4 is 11.9 Å². The summed E-state index contributed by atoms with van der Waals surface area (Å²) in [5.74, 6) is 1.28. The van der Waals surface area contributed by atoms with Crippen LogP contribution in [-0.4, -0.2) is 44.1 Å². The number of carbonyl (C=O) groups excluding carboxylic acids is 1. The van der Waals surface area contributed by atoms with E-state index >= 15 is 0 Å². The largest absolute Gasteiger partial charge is 0.497 e. The number of guanidine groups is 1. The van der Waals surface area contributed by atoms with Crippen LogP contribution in [-0.2, 0) is 0 Å². The predicted molar refractivity (Wildman–Crippen MR) is 94.2 cm³/mol. The molecule has 128 valence electrons. The van der Waals surface area contributed by atoms with Crippen molar-refractivity contribution in [3.8, 4) is 5.75 Å². The van der Waals surface area contributed by atoms with Crippen molar-refractivity contribution in [1.82, 2.24) is 16.0 Å². The van der Waals surface area contributed by atoms with Gasteiger partial charge in [-0.2, -0.15) is 0 Å². The van der Waals surface area contributed by atoms with Crippen LogP contribution >= 0.6 is 0 Å². The van der Waals surface area contributed by atoms with Gasteiger partial charge in [-0.15, -0.1) is 0 Å². The number of hydrogen-bond donors (Lipinski definition) is 3. The van der Waals surface area contributed by atoms with Crippen LogP contribution in [0, 0.1) is 0 Å². The van der Waals surface area contributed by atoms with Gasteiger partial charge in [0.2, 0.25) is 0 Å². The summed E-state index contributed by atoms with van der Waals surface area (Å²) in [5, 5.41) is 9.34. The third kappa shape index (κ3) is 7.54. The average Bonchev–Trinajstić information content (AvgIpc) is 2.50. The second-order valence-corrected chi connectivity index (χ2v) is 6.12. The molecule has 0 aliphatic heterocycles. The van der Waals surface area contributed by atoms with E-state index in [2.05, 4.69) is 41.7 Å². The van der Waals surface area contributed by atoms with Crippen LogP contribution in [0.3, 0.4) is 0 Å². The van der Waals surface area contributed by atoms with Gasteiger partial charge in [-0.3, -0.25) is 9.79 Å². The van der Waals surface area contributed by atoms with Gasteiger partial charge in [0.25, 0.3) is 5.91 Å². The maximum absolute atomic E-state index is 12.1. The highest BCUT2D eigenvalue weighted by atomic mass is 16.5. The average molecular weight is 320 g/mol. The normalized spacial score (nSPS) is 11.8. The molecule has 1 rings (SSSR count). The van der Waals surface area contributed by atoms with Crippen molar-refractivity contribution in [1.29, 1.82) is 0 Å². The first-order valence-electron chi connectivity index (χ1n) is 7.84. The van der Waals surface area contributed by atoms with E-state index in [9.17, 15) is 4.79 Å². The Morgan fingerprint density at radius 3 is 2.61 bits per heavy atom. The summed E-state index contributed by atoms with van der Waals surface area (Å²) >= 11 is 0. The molecule has 0 fully saturated rings. The first-order chi connectivity index (χ1) is 10.9. The quantitative estimate of drug-likeness (QED) is 0.424. The van der Waals surface area contributed by atoms with Gasteiger partial charge < -0.3 is 20.7 Å². The lowest BCUT2D eigenvalue weighted by molar-refractivity contribution is 0.0954. The number of methoxy groups -OCH3 is 1. The standard InChI is InChI=1S/C17H28N4O2/c1-6-18-16(21-17(2,3)4)20-11-10-19-15(22)13-8-7-9-14(12-13)23-5/h7-9,12H,6,10-11H2,1-5H3,(H,19,22)(H2,18,20,21). The molecule has 1 aromatic carbocycles. The fraction of sp³-hybridized carbons (Fsp3) is 0.529. The Labute approximate surface area is 138 Å². The summed E-state index contributed by atoms with van der Waals surface area (Å²) in [6, 6.07) is 7.07. The number of benzene rings is 1. The monoisotopic (exact) mass is 320 g/mol. The second kappa shape index (κ2) is 9.02. The maximum Gasteiger partial charge on any atom is 0.251 e. The minimum absolute atomic E-state index is 0.0646.